The monoisotopic (exact) mass is 559 g/mol. The molecule has 4 rings (SSSR count). The highest BCUT2D eigenvalue weighted by molar-refractivity contribution is 9.11. The van der Waals surface area contributed by atoms with Crippen molar-refractivity contribution >= 4 is 27.9 Å². The van der Waals surface area contributed by atoms with Crippen LogP contribution in [0.3, 0.4) is 0 Å². The van der Waals surface area contributed by atoms with E-state index in [0.717, 1.165) is 0 Å². The van der Waals surface area contributed by atoms with Gasteiger partial charge >= 0.3 is 11.9 Å². The molecule has 3 fully saturated rings. The van der Waals surface area contributed by atoms with E-state index in [-0.39, 0.29) is 6.42 Å². The van der Waals surface area contributed by atoms with Crippen molar-refractivity contribution in [2.24, 2.45) is 5.11 Å². The summed E-state index contributed by atoms with van der Waals surface area (Å²) in [5, 5.41) is 3.86. The Bertz CT molecular complexity index is 950. The van der Waals surface area contributed by atoms with Gasteiger partial charge in [-0.1, -0.05) is 21.0 Å². The summed E-state index contributed by atoms with van der Waals surface area (Å²) < 4.78 is 42.5. The van der Waals surface area contributed by atoms with Crippen molar-refractivity contribution < 1.29 is 42.7 Å². The molecular weight excluding hydrogens is 530 g/mol. The quantitative estimate of drug-likeness (QED) is 0.214. The predicted molar refractivity (Wildman–Crippen MR) is 122 cm³/mol. The highest BCUT2D eigenvalue weighted by Crippen LogP contribution is 2.44. The molecule has 9 atom stereocenters. The van der Waals surface area contributed by atoms with Crippen LogP contribution in [0.5, 0.6) is 0 Å². The molecule has 0 aromatic rings. The smallest absolute Gasteiger partial charge is 0.303 e. The lowest BCUT2D eigenvalue weighted by Gasteiger charge is -2.42. The average molecular weight is 560 g/mol. The van der Waals surface area contributed by atoms with Crippen LogP contribution in [0.1, 0.15) is 48.0 Å². The molecule has 2 saturated heterocycles. The molecule has 0 radical (unpaired) electrons. The first-order chi connectivity index (χ1) is 16.3. The van der Waals surface area contributed by atoms with Gasteiger partial charge in [0.1, 0.15) is 36.6 Å². The number of hydrogen-bond donors (Lipinski definition) is 0. The molecule has 2 aliphatic carbocycles. The van der Waals surface area contributed by atoms with E-state index < -0.39 is 78.4 Å². The van der Waals surface area contributed by atoms with Gasteiger partial charge < -0.3 is 33.2 Å². The van der Waals surface area contributed by atoms with Crippen LogP contribution in [-0.2, 0) is 42.7 Å². The zero-order valence-corrected chi connectivity index (χ0v) is 22.0. The fourth-order valence-corrected chi connectivity index (χ4v) is 5.77. The van der Waals surface area contributed by atoms with E-state index in [0.29, 0.717) is 4.48 Å². The number of rotatable bonds is 5. The van der Waals surface area contributed by atoms with Crippen LogP contribution in [0.2, 0.25) is 0 Å². The SMILES string of the molecule is CC(=O)O[C@H]1[C@@H]2OC(C)(C)O[C@@H]2C(Br)=C[C@@H]1O[C@@H]1CC(N=[N+]=[N-])[C@H](OC(C)=O)[C@H]2OC(C)(C)O[C@H]21. The maximum atomic E-state index is 12.0. The molecule has 1 saturated carbocycles. The third-order valence-corrected chi connectivity index (χ3v) is 6.93. The van der Waals surface area contributed by atoms with Gasteiger partial charge in [0.05, 0.1) is 12.1 Å². The highest BCUT2D eigenvalue weighted by Gasteiger charge is 2.58. The van der Waals surface area contributed by atoms with E-state index in [1.165, 1.54) is 13.8 Å². The number of carbonyl (C=O) groups excluding carboxylic acids is 2. The number of esters is 2. The van der Waals surface area contributed by atoms with Crippen LogP contribution < -0.4 is 0 Å². The molecule has 0 bridgehead atoms. The van der Waals surface area contributed by atoms with Gasteiger partial charge in [0.25, 0.3) is 0 Å². The number of azide groups is 1. The number of ether oxygens (including phenoxy) is 7. The third-order valence-electron chi connectivity index (χ3n) is 6.21. The summed E-state index contributed by atoms with van der Waals surface area (Å²) in [6.07, 6.45) is -3.52. The minimum atomic E-state index is -0.990. The average Bonchev–Trinajstić information content (AvgIpc) is 3.23. The molecule has 0 spiro atoms. The maximum absolute atomic E-state index is 12.0. The van der Waals surface area contributed by atoms with E-state index in [2.05, 4.69) is 26.0 Å². The Morgan fingerprint density at radius 2 is 1.57 bits per heavy atom. The molecule has 12 nitrogen and oxygen atoms in total. The second-order valence-electron chi connectivity index (χ2n) is 9.93. The minimum absolute atomic E-state index is 0.189. The molecule has 0 aromatic heterocycles. The zero-order chi connectivity index (χ0) is 25.7. The predicted octanol–water partition coefficient (Wildman–Crippen LogP) is 3.02. The second kappa shape index (κ2) is 9.62. The van der Waals surface area contributed by atoms with Gasteiger partial charge in [0.15, 0.2) is 17.7 Å². The van der Waals surface area contributed by atoms with Crippen LogP contribution in [0.25, 0.3) is 10.4 Å². The summed E-state index contributed by atoms with van der Waals surface area (Å²) in [7, 11) is 0. The second-order valence-corrected chi connectivity index (χ2v) is 10.8. The summed E-state index contributed by atoms with van der Waals surface area (Å²) in [6.45, 7) is 9.64. The minimum Gasteiger partial charge on any atom is -0.459 e. The van der Waals surface area contributed by atoms with Crippen LogP contribution in [0.15, 0.2) is 15.7 Å². The van der Waals surface area contributed by atoms with Gasteiger partial charge in [-0.05, 0) is 45.7 Å². The van der Waals surface area contributed by atoms with Crippen LogP contribution >= 0.6 is 15.9 Å². The van der Waals surface area contributed by atoms with Crippen LogP contribution in [0.4, 0.5) is 0 Å². The molecule has 4 aliphatic rings. The lowest BCUT2D eigenvalue weighted by Crippen LogP contribution is -2.58. The maximum Gasteiger partial charge on any atom is 0.303 e. The van der Waals surface area contributed by atoms with Gasteiger partial charge in [0, 0.05) is 23.2 Å². The van der Waals surface area contributed by atoms with E-state index in [1.54, 1.807) is 33.8 Å². The molecule has 35 heavy (non-hydrogen) atoms. The fourth-order valence-electron chi connectivity index (χ4n) is 5.15. The first-order valence-corrected chi connectivity index (χ1v) is 12.2. The van der Waals surface area contributed by atoms with Crippen LogP contribution in [0, 0.1) is 0 Å². The standard InChI is InChI=1S/C22H30BrN3O9/c1-9(27)29-16-12(25-26-24)8-14(18-20(16)35-22(5,6)33-18)31-13-7-11(23)15-19(17(13)30-10(2)28)34-21(3,4)32-15/h7,12-20H,8H2,1-6H3/t12?,13-,14+,15+,16-,17+,18-,19+,20+/m0/s1. The summed E-state index contributed by atoms with van der Waals surface area (Å²) in [4.78, 5) is 26.7. The molecule has 2 aliphatic heterocycles. The Labute approximate surface area is 211 Å². The first-order valence-electron chi connectivity index (χ1n) is 11.4. The number of halogens is 1. The first kappa shape index (κ1) is 26.3. The molecule has 1 unspecified atom stereocenters. The number of fused-ring (bicyclic) bond motifs is 2. The molecule has 194 valence electrons. The summed E-state index contributed by atoms with van der Waals surface area (Å²) in [6, 6.07) is -0.756. The van der Waals surface area contributed by atoms with Crippen molar-refractivity contribution in [3.05, 3.63) is 21.0 Å². The Morgan fingerprint density at radius 3 is 2.20 bits per heavy atom. The zero-order valence-electron chi connectivity index (χ0n) is 20.4. The number of nitrogens with zero attached hydrogens (tertiary/aromatic N) is 3. The summed E-state index contributed by atoms with van der Waals surface area (Å²) >= 11 is 3.55. The van der Waals surface area contributed by atoms with Crippen molar-refractivity contribution in [3.63, 3.8) is 0 Å². The molecule has 0 amide bonds. The van der Waals surface area contributed by atoms with Gasteiger partial charge in [-0.3, -0.25) is 9.59 Å². The van der Waals surface area contributed by atoms with Crippen molar-refractivity contribution in [2.45, 2.75) is 114 Å². The van der Waals surface area contributed by atoms with Crippen molar-refractivity contribution in [1.82, 2.24) is 0 Å². The number of hydrogen-bond acceptors (Lipinski definition) is 10. The Morgan fingerprint density at radius 1 is 1.00 bits per heavy atom. The normalized spacial score (nSPS) is 41.1. The molecule has 0 aromatic carbocycles. The number of carbonyl (C=O) groups is 2. The van der Waals surface area contributed by atoms with Crippen LogP contribution in [-0.4, -0.2) is 78.4 Å². The lowest BCUT2D eigenvalue weighted by atomic mass is 9.85. The lowest BCUT2D eigenvalue weighted by molar-refractivity contribution is -0.198. The van der Waals surface area contributed by atoms with Crippen molar-refractivity contribution in [3.8, 4) is 0 Å². The molecule has 13 heteroatoms. The highest BCUT2D eigenvalue weighted by atomic mass is 79.9. The largest absolute Gasteiger partial charge is 0.459 e. The van der Waals surface area contributed by atoms with Gasteiger partial charge in [-0.15, -0.1) is 0 Å². The van der Waals surface area contributed by atoms with Crippen molar-refractivity contribution in [1.29, 1.82) is 0 Å². The van der Waals surface area contributed by atoms with Crippen molar-refractivity contribution in [2.75, 3.05) is 0 Å². The Hall–Kier alpha value is -1.73. The van der Waals surface area contributed by atoms with Gasteiger partial charge in [0.2, 0.25) is 0 Å². The molecule has 0 N–H and O–H groups in total. The Kier molecular flexibility index (Phi) is 7.24. The summed E-state index contributed by atoms with van der Waals surface area (Å²) in [5.41, 5.74) is 9.15. The topological polar surface area (TPSA) is 148 Å². The third kappa shape index (κ3) is 5.51. The molecule has 2 heterocycles. The summed E-state index contributed by atoms with van der Waals surface area (Å²) in [5.74, 6) is -2.90. The van der Waals surface area contributed by atoms with E-state index in [1.807, 2.05) is 0 Å². The molecular formula is C22H30BrN3O9. The van der Waals surface area contributed by atoms with Gasteiger partial charge in [-0.25, -0.2) is 0 Å². The van der Waals surface area contributed by atoms with Gasteiger partial charge in [-0.2, -0.15) is 0 Å². The fraction of sp³-hybridized carbons (Fsp3) is 0.818. The van der Waals surface area contributed by atoms with E-state index in [9.17, 15) is 9.59 Å². The van der Waals surface area contributed by atoms with E-state index >= 15 is 0 Å². The Balaban J connectivity index is 1.65. The van der Waals surface area contributed by atoms with E-state index in [4.69, 9.17) is 38.7 Å².